The predicted octanol–water partition coefficient (Wildman–Crippen LogP) is 3.26. The summed E-state index contributed by atoms with van der Waals surface area (Å²) in [6.07, 6.45) is 1.69. The van der Waals surface area contributed by atoms with Gasteiger partial charge in [-0.1, -0.05) is 23.7 Å². The van der Waals surface area contributed by atoms with Crippen LogP contribution in [0.3, 0.4) is 0 Å². The Morgan fingerprint density at radius 2 is 2.00 bits per heavy atom. The number of aromatic nitrogens is 2. The summed E-state index contributed by atoms with van der Waals surface area (Å²) in [4.78, 5) is 0. The zero-order valence-electron chi connectivity index (χ0n) is 12.1. The molecule has 0 radical (unpaired) electrons. The standard InChI is InChI=1S/C15H20ClN3O/c1-4-19-15(13(16)10-18-19)14(17-3)11-6-8-12(9-7-11)20-5-2/h6-10,14,17H,4-5H2,1-3H3. The van der Waals surface area contributed by atoms with E-state index in [1.165, 1.54) is 0 Å². The summed E-state index contributed by atoms with van der Waals surface area (Å²) in [7, 11) is 1.92. The van der Waals surface area contributed by atoms with Crippen LogP contribution in [0, 0.1) is 0 Å². The van der Waals surface area contributed by atoms with Crippen LogP contribution >= 0.6 is 11.6 Å². The minimum absolute atomic E-state index is 0.0145. The van der Waals surface area contributed by atoms with E-state index < -0.39 is 0 Å². The van der Waals surface area contributed by atoms with E-state index >= 15 is 0 Å². The van der Waals surface area contributed by atoms with Crippen LogP contribution in [0.2, 0.25) is 5.02 Å². The van der Waals surface area contributed by atoms with Crippen LogP contribution in [0.1, 0.15) is 31.1 Å². The smallest absolute Gasteiger partial charge is 0.119 e. The molecule has 20 heavy (non-hydrogen) atoms. The molecule has 4 nitrogen and oxygen atoms in total. The normalized spacial score (nSPS) is 12.4. The molecule has 1 aromatic heterocycles. The molecular formula is C15H20ClN3O. The summed E-state index contributed by atoms with van der Waals surface area (Å²) >= 11 is 6.28. The molecule has 0 bridgehead atoms. The molecular weight excluding hydrogens is 274 g/mol. The third kappa shape index (κ3) is 2.97. The lowest BCUT2D eigenvalue weighted by Crippen LogP contribution is -2.21. The maximum atomic E-state index is 6.28. The summed E-state index contributed by atoms with van der Waals surface area (Å²) in [6, 6.07) is 8.07. The molecule has 1 aromatic carbocycles. The quantitative estimate of drug-likeness (QED) is 0.888. The lowest BCUT2D eigenvalue weighted by atomic mass is 10.0. The molecule has 1 N–H and O–H groups in total. The minimum Gasteiger partial charge on any atom is -0.494 e. The van der Waals surface area contributed by atoms with Crippen LogP contribution < -0.4 is 10.1 Å². The van der Waals surface area contributed by atoms with E-state index in [0.29, 0.717) is 11.6 Å². The largest absolute Gasteiger partial charge is 0.494 e. The molecule has 0 spiro atoms. The van der Waals surface area contributed by atoms with Gasteiger partial charge in [-0.3, -0.25) is 4.68 Å². The number of rotatable bonds is 6. The van der Waals surface area contributed by atoms with Crippen LogP contribution in [0.4, 0.5) is 0 Å². The molecule has 0 saturated carbocycles. The molecule has 0 aliphatic heterocycles. The van der Waals surface area contributed by atoms with Crippen LogP contribution in [-0.4, -0.2) is 23.4 Å². The Bertz CT molecular complexity index is 551. The van der Waals surface area contributed by atoms with Crippen molar-refractivity contribution in [1.29, 1.82) is 0 Å². The van der Waals surface area contributed by atoms with Gasteiger partial charge in [0.2, 0.25) is 0 Å². The summed E-state index contributed by atoms with van der Waals surface area (Å²) in [5, 5.41) is 8.28. The van der Waals surface area contributed by atoms with Crippen LogP contribution in [-0.2, 0) is 6.54 Å². The lowest BCUT2D eigenvalue weighted by Gasteiger charge is -2.19. The van der Waals surface area contributed by atoms with E-state index in [1.54, 1.807) is 6.20 Å². The number of halogens is 1. The van der Waals surface area contributed by atoms with E-state index in [-0.39, 0.29) is 6.04 Å². The maximum Gasteiger partial charge on any atom is 0.119 e. The van der Waals surface area contributed by atoms with Crippen molar-refractivity contribution >= 4 is 11.6 Å². The maximum absolute atomic E-state index is 6.28. The molecule has 0 aliphatic carbocycles. The second kappa shape index (κ2) is 6.77. The monoisotopic (exact) mass is 293 g/mol. The van der Waals surface area contributed by atoms with E-state index in [9.17, 15) is 0 Å². The molecule has 2 rings (SSSR count). The number of nitrogens with one attached hydrogen (secondary N) is 1. The Kier molecular flexibility index (Phi) is 5.04. The molecule has 0 aliphatic rings. The molecule has 1 heterocycles. The molecule has 0 saturated heterocycles. The van der Waals surface area contributed by atoms with Crippen molar-refractivity contribution in [3.8, 4) is 5.75 Å². The molecule has 5 heteroatoms. The van der Waals surface area contributed by atoms with E-state index in [0.717, 1.165) is 23.6 Å². The second-order valence-electron chi connectivity index (χ2n) is 4.42. The third-order valence-corrected chi connectivity index (χ3v) is 3.51. The third-order valence-electron chi connectivity index (χ3n) is 3.22. The van der Waals surface area contributed by atoms with Crippen LogP contribution in [0.5, 0.6) is 5.75 Å². The minimum atomic E-state index is 0.0145. The fraction of sp³-hybridized carbons (Fsp3) is 0.400. The van der Waals surface area contributed by atoms with Crippen molar-refractivity contribution in [1.82, 2.24) is 15.1 Å². The summed E-state index contributed by atoms with van der Waals surface area (Å²) in [5.41, 5.74) is 2.12. The van der Waals surface area contributed by atoms with Gasteiger partial charge in [-0.05, 0) is 38.6 Å². The van der Waals surface area contributed by atoms with Gasteiger partial charge in [-0.25, -0.2) is 0 Å². The number of benzene rings is 1. The molecule has 1 atom stereocenters. The average Bonchev–Trinajstić information content (AvgIpc) is 2.83. The fourth-order valence-corrected chi connectivity index (χ4v) is 2.55. The van der Waals surface area contributed by atoms with Gasteiger partial charge in [-0.2, -0.15) is 5.10 Å². The van der Waals surface area contributed by atoms with Crippen molar-refractivity contribution in [2.24, 2.45) is 0 Å². The molecule has 0 amide bonds. The molecule has 108 valence electrons. The highest BCUT2D eigenvalue weighted by Gasteiger charge is 2.20. The van der Waals surface area contributed by atoms with E-state index in [2.05, 4.69) is 29.5 Å². The molecule has 2 aromatic rings. The Balaban J connectivity index is 2.34. The SMILES string of the molecule is CCOc1ccc(C(NC)c2c(Cl)cnn2CC)cc1. The van der Waals surface area contributed by atoms with Crippen molar-refractivity contribution in [3.05, 3.63) is 46.7 Å². The first-order chi connectivity index (χ1) is 9.71. The van der Waals surface area contributed by atoms with Gasteiger partial charge >= 0.3 is 0 Å². The number of hydrogen-bond donors (Lipinski definition) is 1. The first-order valence-electron chi connectivity index (χ1n) is 6.82. The van der Waals surface area contributed by atoms with Gasteiger partial charge in [0.25, 0.3) is 0 Å². The van der Waals surface area contributed by atoms with Gasteiger partial charge < -0.3 is 10.1 Å². The predicted molar refractivity (Wildman–Crippen MR) is 81.4 cm³/mol. The van der Waals surface area contributed by atoms with Crippen molar-refractivity contribution in [3.63, 3.8) is 0 Å². The zero-order chi connectivity index (χ0) is 14.5. The summed E-state index contributed by atoms with van der Waals surface area (Å²) in [6.45, 7) is 5.49. The fourth-order valence-electron chi connectivity index (χ4n) is 2.30. The van der Waals surface area contributed by atoms with Crippen molar-refractivity contribution in [2.75, 3.05) is 13.7 Å². The Hall–Kier alpha value is -1.52. The number of hydrogen-bond acceptors (Lipinski definition) is 3. The topological polar surface area (TPSA) is 39.1 Å². The van der Waals surface area contributed by atoms with Crippen molar-refractivity contribution < 1.29 is 4.74 Å². The van der Waals surface area contributed by atoms with E-state index in [1.807, 2.05) is 30.8 Å². The van der Waals surface area contributed by atoms with Crippen molar-refractivity contribution in [2.45, 2.75) is 26.4 Å². The second-order valence-corrected chi connectivity index (χ2v) is 4.82. The van der Waals surface area contributed by atoms with Gasteiger partial charge in [0, 0.05) is 6.54 Å². The Morgan fingerprint density at radius 1 is 1.30 bits per heavy atom. The number of aryl methyl sites for hydroxylation is 1. The van der Waals surface area contributed by atoms with Crippen LogP contribution in [0.25, 0.3) is 0 Å². The van der Waals surface area contributed by atoms with Crippen LogP contribution in [0.15, 0.2) is 30.5 Å². The number of ether oxygens (including phenoxy) is 1. The lowest BCUT2D eigenvalue weighted by molar-refractivity contribution is 0.340. The summed E-state index contributed by atoms with van der Waals surface area (Å²) in [5.74, 6) is 0.876. The Labute approximate surface area is 124 Å². The van der Waals surface area contributed by atoms with Gasteiger partial charge in [0.05, 0.1) is 29.6 Å². The Morgan fingerprint density at radius 3 is 2.55 bits per heavy atom. The molecule has 0 fully saturated rings. The van der Waals surface area contributed by atoms with Gasteiger partial charge in [-0.15, -0.1) is 0 Å². The van der Waals surface area contributed by atoms with Gasteiger partial charge in [0.15, 0.2) is 0 Å². The highest BCUT2D eigenvalue weighted by atomic mass is 35.5. The summed E-state index contributed by atoms with van der Waals surface area (Å²) < 4.78 is 7.39. The first kappa shape index (κ1) is 14.9. The molecule has 1 unspecified atom stereocenters. The first-order valence-corrected chi connectivity index (χ1v) is 7.20. The highest BCUT2D eigenvalue weighted by Crippen LogP contribution is 2.29. The number of nitrogens with zero attached hydrogens (tertiary/aromatic N) is 2. The highest BCUT2D eigenvalue weighted by molar-refractivity contribution is 6.31. The average molecular weight is 294 g/mol. The zero-order valence-corrected chi connectivity index (χ0v) is 12.8. The van der Waals surface area contributed by atoms with Gasteiger partial charge in [0.1, 0.15) is 5.75 Å². The van der Waals surface area contributed by atoms with E-state index in [4.69, 9.17) is 16.3 Å².